The molecule has 0 aliphatic carbocycles. The lowest BCUT2D eigenvalue weighted by molar-refractivity contribution is -0.127. The first-order valence-electron chi connectivity index (χ1n) is 12.4. The normalized spacial score (nSPS) is 15.7. The summed E-state index contributed by atoms with van der Waals surface area (Å²) in [6, 6.07) is 14.9. The molecule has 6 nitrogen and oxygen atoms in total. The number of nitrogens with zero attached hydrogens (tertiary/aromatic N) is 4. The van der Waals surface area contributed by atoms with Crippen molar-refractivity contribution in [1.82, 2.24) is 14.0 Å². The summed E-state index contributed by atoms with van der Waals surface area (Å²) in [5.41, 5.74) is 5.02. The molecule has 190 valence electrons. The first-order chi connectivity index (χ1) is 17.8. The van der Waals surface area contributed by atoms with Gasteiger partial charge in [-0.15, -0.1) is 0 Å². The molecule has 0 spiro atoms. The highest BCUT2D eigenvalue weighted by Gasteiger charge is 2.34. The largest absolute Gasteiger partial charge is 0.347 e. The van der Waals surface area contributed by atoms with Crippen LogP contribution in [0.15, 0.2) is 69.6 Å². The molecule has 5 rings (SSSR count). The number of hydrogen-bond donors (Lipinski definition) is 0. The zero-order valence-corrected chi connectivity index (χ0v) is 23.2. The second-order valence-electron chi connectivity index (χ2n) is 9.19. The van der Waals surface area contributed by atoms with Crippen molar-refractivity contribution >= 4 is 45.8 Å². The zero-order valence-electron chi connectivity index (χ0n) is 21.6. The summed E-state index contributed by atoms with van der Waals surface area (Å²) >= 11 is 7.54. The Kier molecular flexibility index (Phi) is 6.68. The van der Waals surface area contributed by atoms with Gasteiger partial charge in [-0.1, -0.05) is 53.3 Å². The first-order valence-corrected chi connectivity index (χ1v) is 13.6. The average molecular weight is 533 g/mol. The molecule has 8 heteroatoms. The molecule has 1 aliphatic rings. The monoisotopic (exact) mass is 532 g/mol. The Balaban J connectivity index is 1.77. The highest BCUT2D eigenvalue weighted by Crippen LogP contribution is 2.32. The maximum Gasteiger partial charge on any atom is 0.271 e. The van der Waals surface area contributed by atoms with Crippen molar-refractivity contribution in [2.24, 2.45) is 12.0 Å². The quantitative estimate of drug-likeness (QED) is 0.378. The van der Waals surface area contributed by atoms with Crippen LogP contribution in [0.2, 0.25) is 5.02 Å². The van der Waals surface area contributed by atoms with Crippen molar-refractivity contribution in [2.45, 2.75) is 33.7 Å². The predicted octanol–water partition coefficient (Wildman–Crippen LogP) is 4.56. The molecule has 0 N–H and O–H groups in total. The molecule has 0 fully saturated rings. The summed E-state index contributed by atoms with van der Waals surface area (Å²) in [6.07, 6.45) is 1.96. The molecule has 1 amide bonds. The highest BCUT2D eigenvalue weighted by atomic mass is 35.5. The molecular formula is C29H29ClN4O2S. The van der Waals surface area contributed by atoms with Crippen molar-refractivity contribution in [2.75, 3.05) is 13.1 Å². The molecule has 0 saturated carbocycles. The number of amides is 1. The SMILES string of the molecule is CCN(CC)C(=O)C1=C(C)N=c2s/c(=C/c3c(C)n(C)c4ccccc34)c(=O)n2[C@H]1c1ccc(Cl)cc1. The lowest BCUT2D eigenvalue weighted by atomic mass is 9.94. The standard InChI is InChI=1S/C29H29ClN4O2S/c1-6-33(7-2)28(36)25-17(3)31-29-34(26(25)19-12-14-20(30)15-13-19)27(35)24(37-29)16-22-18(4)32(5)23-11-9-8-10-21(22)23/h8-16,26H,6-7H2,1-5H3/b24-16+/t26-/m0/s1. The van der Waals surface area contributed by atoms with E-state index in [4.69, 9.17) is 16.6 Å². The summed E-state index contributed by atoms with van der Waals surface area (Å²) in [6.45, 7) is 8.97. The molecule has 0 saturated heterocycles. The van der Waals surface area contributed by atoms with E-state index in [0.717, 1.165) is 27.7 Å². The molecule has 0 bridgehead atoms. The number of likely N-dealkylation sites (N-methyl/N-ethyl adjacent to an activating group) is 1. The Labute approximate surface area is 224 Å². The Bertz CT molecular complexity index is 1740. The molecule has 0 unspecified atom stereocenters. The van der Waals surface area contributed by atoms with E-state index in [1.165, 1.54) is 11.3 Å². The third kappa shape index (κ3) is 4.16. The fourth-order valence-corrected chi connectivity index (χ4v) is 6.25. The molecule has 37 heavy (non-hydrogen) atoms. The average Bonchev–Trinajstić information content (AvgIpc) is 3.33. The van der Waals surface area contributed by atoms with Crippen molar-refractivity contribution in [3.05, 3.63) is 101 Å². The van der Waals surface area contributed by atoms with Crippen molar-refractivity contribution in [1.29, 1.82) is 0 Å². The van der Waals surface area contributed by atoms with Gasteiger partial charge in [0.15, 0.2) is 4.80 Å². The topological polar surface area (TPSA) is 59.6 Å². The van der Waals surface area contributed by atoms with Crippen LogP contribution in [0.3, 0.4) is 0 Å². The van der Waals surface area contributed by atoms with E-state index >= 15 is 0 Å². The minimum Gasteiger partial charge on any atom is -0.347 e. The zero-order chi connectivity index (χ0) is 26.4. The lowest BCUT2D eigenvalue weighted by Crippen LogP contribution is -2.43. The van der Waals surface area contributed by atoms with Gasteiger partial charge in [0.1, 0.15) is 0 Å². The summed E-state index contributed by atoms with van der Waals surface area (Å²) < 4.78 is 4.39. The molecule has 1 aliphatic heterocycles. The Hall–Kier alpha value is -3.42. The van der Waals surface area contributed by atoms with Crippen LogP contribution >= 0.6 is 22.9 Å². The molecule has 2 aromatic heterocycles. The van der Waals surface area contributed by atoms with E-state index in [1.54, 1.807) is 21.6 Å². The van der Waals surface area contributed by atoms with Crippen LogP contribution in [-0.2, 0) is 11.8 Å². The molecule has 3 heterocycles. The predicted molar refractivity (Wildman–Crippen MR) is 151 cm³/mol. The van der Waals surface area contributed by atoms with Crippen LogP contribution in [-0.4, -0.2) is 33.0 Å². The van der Waals surface area contributed by atoms with Crippen molar-refractivity contribution in [3.63, 3.8) is 0 Å². The van der Waals surface area contributed by atoms with Gasteiger partial charge in [0.05, 0.1) is 21.8 Å². The minimum absolute atomic E-state index is 0.106. The van der Waals surface area contributed by atoms with Gasteiger partial charge in [0.2, 0.25) is 0 Å². The van der Waals surface area contributed by atoms with E-state index in [1.807, 2.05) is 58.2 Å². The van der Waals surface area contributed by atoms with Gasteiger partial charge < -0.3 is 9.47 Å². The lowest BCUT2D eigenvalue weighted by Gasteiger charge is -2.29. The first kappa shape index (κ1) is 25.2. The van der Waals surface area contributed by atoms with Gasteiger partial charge in [-0.2, -0.15) is 0 Å². The van der Waals surface area contributed by atoms with Crippen LogP contribution in [0.1, 0.15) is 43.6 Å². The molecule has 4 aromatic rings. The van der Waals surface area contributed by atoms with Crippen LogP contribution in [0.25, 0.3) is 17.0 Å². The second-order valence-corrected chi connectivity index (χ2v) is 10.6. The number of thiazole rings is 1. The molecule has 2 aromatic carbocycles. The maximum atomic E-state index is 14.0. The van der Waals surface area contributed by atoms with E-state index in [2.05, 4.69) is 23.6 Å². The third-order valence-corrected chi connectivity index (χ3v) is 8.45. The molecular weight excluding hydrogens is 504 g/mol. The van der Waals surface area contributed by atoms with Gasteiger partial charge in [-0.3, -0.25) is 14.2 Å². The van der Waals surface area contributed by atoms with Gasteiger partial charge in [-0.25, -0.2) is 4.99 Å². The van der Waals surface area contributed by atoms with Crippen molar-refractivity contribution < 1.29 is 4.79 Å². The number of aryl methyl sites for hydroxylation is 1. The van der Waals surface area contributed by atoms with E-state index in [-0.39, 0.29) is 11.5 Å². The number of carbonyl (C=O) groups excluding carboxylic acids is 1. The van der Waals surface area contributed by atoms with E-state index < -0.39 is 6.04 Å². The molecule has 1 atom stereocenters. The summed E-state index contributed by atoms with van der Waals surface area (Å²) in [5.74, 6) is -0.106. The van der Waals surface area contributed by atoms with Gasteiger partial charge >= 0.3 is 0 Å². The fraction of sp³-hybridized carbons (Fsp3) is 0.276. The number of aromatic nitrogens is 2. The summed E-state index contributed by atoms with van der Waals surface area (Å²) in [4.78, 5) is 34.8. The Morgan fingerprint density at radius 1 is 1.11 bits per heavy atom. The highest BCUT2D eigenvalue weighted by molar-refractivity contribution is 7.07. The number of para-hydroxylation sites is 1. The summed E-state index contributed by atoms with van der Waals surface area (Å²) in [5, 5.41) is 1.69. The number of hydrogen-bond acceptors (Lipinski definition) is 4. The Morgan fingerprint density at radius 2 is 1.78 bits per heavy atom. The number of fused-ring (bicyclic) bond motifs is 2. The number of carbonyl (C=O) groups is 1. The van der Waals surface area contributed by atoms with Crippen LogP contribution < -0.4 is 14.9 Å². The number of halogens is 1. The number of benzene rings is 2. The maximum absolute atomic E-state index is 14.0. The minimum atomic E-state index is -0.586. The second kappa shape index (κ2) is 9.80. The van der Waals surface area contributed by atoms with Crippen molar-refractivity contribution in [3.8, 4) is 0 Å². The van der Waals surface area contributed by atoms with Gasteiger partial charge in [0, 0.05) is 47.3 Å². The van der Waals surface area contributed by atoms with Crippen LogP contribution in [0.4, 0.5) is 0 Å². The summed E-state index contributed by atoms with van der Waals surface area (Å²) in [7, 11) is 2.03. The number of allylic oxidation sites excluding steroid dienone is 1. The third-order valence-electron chi connectivity index (χ3n) is 7.21. The Morgan fingerprint density at radius 3 is 2.46 bits per heavy atom. The van der Waals surface area contributed by atoms with E-state index in [9.17, 15) is 9.59 Å². The smallest absolute Gasteiger partial charge is 0.271 e. The van der Waals surface area contributed by atoms with Crippen LogP contribution in [0, 0.1) is 6.92 Å². The van der Waals surface area contributed by atoms with E-state index in [0.29, 0.717) is 38.7 Å². The fourth-order valence-electron chi connectivity index (χ4n) is 5.10. The number of rotatable bonds is 5. The molecule has 0 radical (unpaired) electrons. The van der Waals surface area contributed by atoms with Gasteiger partial charge in [-0.05, 0) is 57.5 Å². The van der Waals surface area contributed by atoms with Gasteiger partial charge in [0.25, 0.3) is 11.5 Å². The van der Waals surface area contributed by atoms with Crippen LogP contribution in [0.5, 0.6) is 0 Å².